The summed E-state index contributed by atoms with van der Waals surface area (Å²) in [6.45, 7) is 4.16. The predicted octanol–water partition coefficient (Wildman–Crippen LogP) is 2.22. The van der Waals surface area contributed by atoms with Crippen molar-refractivity contribution in [2.75, 3.05) is 25.0 Å². The fourth-order valence-electron chi connectivity index (χ4n) is 1.73. The molecule has 0 aliphatic rings. The number of hydrogen-bond donors (Lipinski definition) is 3. The first-order chi connectivity index (χ1) is 9.36. The van der Waals surface area contributed by atoms with Crippen LogP contribution in [0.25, 0.3) is 0 Å². The number of alkyl halides is 3. The molecule has 0 aromatic heterocycles. The number of halogens is 3. The Morgan fingerprint density at radius 2 is 2.00 bits per heavy atom. The Balaban J connectivity index is 2.77. The molecule has 0 aliphatic carbocycles. The molecule has 0 saturated heterocycles. The van der Waals surface area contributed by atoms with Crippen molar-refractivity contribution in [1.82, 2.24) is 5.32 Å². The van der Waals surface area contributed by atoms with E-state index in [0.29, 0.717) is 12.2 Å². The molecule has 0 aliphatic heterocycles. The van der Waals surface area contributed by atoms with E-state index in [1.54, 1.807) is 0 Å². The lowest BCUT2D eigenvalue weighted by molar-refractivity contribution is -0.137. The summed E-state index contributed by atoms with van der Waals surface area (Å²) < 4.78 is 38.5. The van der Waals surface area contributed by atoms with Crippen molar-refractivity contribution in [3.63, 3.8) is 0 Å². The Morgan fingerprint density at radius 1 is 1.30 bits per heavy atom. The molecule has 112 valence electrons. The van der Waals surface area contributed by atoms with Crippen LogP contribution < -0.4 is 16.4 Å². The van der Waals surface area contributed by atoms with Crippen molar-refractivity contribution in [1.29, 1.82) is 0 Å². The first-order valence-electron chi connectivity index (χ1n) is 6.32. The van der Waals surface area contributed by atoms with E-state index >= 15 is 0 Å². The van der Waals surface area contributed by atoms with E-state index in [1.165, 1.54) is 6.07 Å². The van der Waals surface area contributed by atoms with Gasteiger partial charge in [-0.15, -0.1) is 0 Å². The smallest absolute Gasteiger partial charge is 0.385 e. The largest absolute Gasteiger partial charge is 0.417 e. The van der Waals surface area contributed by atoms with E-state index in [0.717, 1.165) is 31.6 Å². The van der Waals surface area contributed by atoms with Crippen molar-refractivity contribution in [3.05, 3.63) is 29.3 Å². The van der Waals surface area contributed by atoms with E-state index in [9.17, 15) is 18.0 Å². The Hall–Kier alpha value is -1.76. The maximum Gasteiger partial charge on any atom is 0.417 e. The van der Waals surface area contributed by atoms with Crippen LogP contribution in [0.3, 0.4) is 0 Å². The van der Waals surface area contributed by atoms with Gasteiger partial charge >= 0.3 is 6.18 Å². The minimum Gasteiger partial charge on any atom is -0.385 e. The molecule has 7 heteroatoms. The number of nitrogens with two attached hydrogens (primary N) is 1. The highest BCUT2D eigenvalue weighted by atomic mass is 19.4. The fraction of sp³-hybridized carbons (Fsp3) is 0.462. The van der Waals surface area contributed by atoms with Crippen molar-refractivity contribution < 1.29 is 18.0 Å². The maximum absolute atomic E-state index is 12.8. The average Bonchev–Trinajstić information content (AvgIpc) is 2.37. The molecule has 0 saturated carbocycles. The summed E-state index contributed by atoms with van der Waals surface area (Å²) in [6.07, 6.45) is -3.82. The summed E-state index contributed by atoms with van der Waals surface area (Å²) in [5.74, 6) is -1.09. The molecule has 4 nitrogen and oxygen atoms in total. The second-order valence-electron chi connectivity index (χ2n) is 4.26. The molecule has 1 amide bonds. The normalized spacial score (nSPS) is 11.4. The molecule has 0 radical (unpaired) electrons. The van der Waals surface area contributed by atoms with Crippen LogP contribution in [-0.4, -0.2) is 25.5 Å². The third-order valence-corrected chi connectivity index (χ3v) is 2.70. The van der Waals surface area contributed by atoms with E-state index in [-0.39, 0.29) is 0 Å². The van der Waals surface area contributed by atoms with Crippen LogP contribution in [0, 0.1) is 0 Å². The minimum absolute atomic E-state index is 0.318. The van der Waals surface area contributed by atoms with Crippen LogP contribution in [0.1, 0.15) is 29.3 Å². The summed E-state index contributed by atoms with van der Waals surface area (Å²) in [6, 6.07) is 3.42. The summed E-state index contributed by atoms with van der Waals surface area (Å²) >= 11 is 0. The van der Waals surface area contributed by atoms with E-state index in [1.807, 2.05) is 6.92 Å². The van der Waals surface area contributed by atoms with Gasteiger partial charge in [-0.2, -0.15) is 13.2 Å². The third kappa shape index (κ3) is 4.73. The molecule has 20 heavy (non-hydrogen) atoms. The lowest BCUT2D eigenvalue weighted by atomic mass is 10.1. The van der Waals surface area contributed by atoms with Gasteiger partial charge in [0, 0.05) is 12.2 Å². The highest BCUT2D eigenvalue weighted by molar-refractivity contribution is 5.95. The number of carbonyl (C=O) groups is 1. The van der Waals surface area contributed by atoms with E-state index in [2.05, 4.69) is 10.6 Å². The highest BCUT2D eigenvalue weighted by Crippen LogP contribution is 2.33. The Morgan fingerprint density at radius 3 is 2.55 bits per heavy atom. The number of carbonyl (C=O) groups excluding carboxylic acids is 1. The molecule has 0 atom stereocenters. The lowest BCUT2D eigenvalue weighted by Crippen LogP contribution is -2.20. The zero-order valence-electron chi connectivity index (χ0n) is 11.2. The number of primary amides is 1. The number of hydrogen-bond acceptors (Lipinski definition) is 3. The topological polar surface area (TPSA) is 67.2 Å². The molecule has 0 heterocycles. The van der Waals surface area contributed by atoms with Crippen LogP contribution in [0.5, 0.6) is 0 Å². The molecule has 4 N–H and O–H groups in total. The minimum atomic E-state index is -4.61. The van der Waals surface area contributed by atoms with Gasteiger partial charge in [0.25, 0.3) is 0 Å². The first kappa shape index (κ1) is 16.3. The lowest BCUT2D eigenvalue weighted by Gasteiger charge is -2.13. The summed E-state index contributed by atoms with van der Waals surface area (Å²) in [5, 5.41) is 6.00. The Labute approximate surface area is 115 Å². The molecular formula is C13H18F3N3O. The van der Waals surface area contributed by atoms with Crippen molar-refractivity contribution >= 4 is 11.6 Å². The number of nitrogens with one attached hydrogen (secondary N) is 2. The van der Waals surface area contributed by atoms with Gasteiger partial charge in [0.1, 0.15) is 0 Å². The van der Waals surface area contributed by atoms with Gasteiger partial charge in [-0.25, -0.2) is 0 Å². The number of rotatable bonds is 7. The molecule has 0 spiro atoms. The molecular weight excluding hydrogens is 271 g/mol. The maximum atomic E-state index is 12.8. The Bertz CT molecular complexity index is 461. The van der Waals surface area contributed by atoms with Crippen LogP contribution in [0.2, 0.25) is 0 Å². The van der Waals surface area contributed by atoms with Gasteiger partial charge < -0.3 is 16.4 Å². The second kappa shape index (κ2) is 7.14. The zero-order chi connectivity index (χ0) is 15.2. The predicted molar refractivity (Wildman–Crippen MR) is 71.6 cm³/mol. The molecule has 0 fully saturated rings. The van der Waals surface area contributed by atoms with Crippen molar-refractivity contribution in [2.24, 2.45) is 5.73 Å². The molecule has 0 unspecified atom stereocenters. The van der Waals surface area contributed by atoms with Crippen LogP contribution in [-0.2, 0) is 6.18 Å². The molecule has 1 aromatic rings. The molecule has 0 bridgehead atoms. The van der Waals surface area contributed by atoms with Crippen molar-refractivity contribution in [2.45, 2.75) is 19.5 Å². The summed E-state index contributed by atoms with van der Waals surface area (Å²) in [5.41, 5.74) is 3.74. The first-order valence-corrected chi connectivity index (χ1v) is 6.32. The monoisotopic (exact) mass is 289 g/mol. The fourth-order valence-corrected chi connectivity index (χ4v) is 1.73. The van der Waals surface area contributed by atoms with Crippen LogP contribution in [0.15, 0.2) is 18.2 Å². The number of amides is 1. The van der Waals surface area contributed by atoms with Gasteiger partial charge in [0.15, 0.2) is 0 Å². The standard InChI is InChI=1S/C13H18F3N3O/c1-2-18-6-3-7-19-9-4-5-10(12(17)20)11(8-9)13(14,15)16/h4-5,8,18-19H,2-3,6-7H2,1H3,(H2,17,20). The summed E-state index contributed by atoms with van der Waals surface area (Å²) in [4.78, 5) is 11.0. The zero-order valence-corrected chi connectivity index (χ0v) is 11.2. The molecule has 1 rings (SSSR count). The van der Waals surface area contributed by atoms with Gasteiger partial charge in [-0.1, -0.05) is 6.92 Å². The van der Waals surface area contributed by atoms with Crippen molar-refractivity contribution in [3.8, 4) is 0 Å². The summed E-state index contributed by atoms with van der Waals surface area (Å²) in [7, 11) is 0. The third-order valence-electron chi connectivity index (χ3n) is 2.70. The number of anilines is 1. The second-order valence-corrected chi connectivity index (χ2v) is 4.26. The van der Waals surface area contributed by atoms with Gasteiger partial charge in [-0.3, -0.25) is 4.79 Å². The van der Waals surface area contributed by atoms with Crippen LogP contribution in [0.4, 0.5) is 18.9 Å². The highest BCUT2D eigenvalue weighted by Gasteiger charge is 2.35. The average molecular weight is 289 g/mol. The van der Waals surface area contributed by atoms with E-state index < -0.39 is 23.2 Å². The van der Waals surface area contributed by atoms with E-state index in [4.69, 9.17) is 5.73 Å². The van der Waals surface area contributed by atoms with Gasteiger partial charge in [0.05, 0.1) is 11.1 Å². The quantitative estimate of drug-likeness (QED) is 0.674. The van der Waals surface area contributed by atoms with Gasteiger partial charge in [-0.05, 0) is 37.7 Å². The number of benzene rings is 1. The SMILES string of the molecule is CCNCCCNc1ccc(C(N)=O)c(C(F)(F)F)c1. The molecule has 1 aromatic carbocycles. The van der Waals surface area contributed by atoms with Gasteiger partial charge in [0.2, 0.25) is 5.91 Å². The van der Waals surface area contributed by atoms with Crippen LogP contribution >= 0.6 is 0 Å². The Kier molecular flexibility index (Phi) is 5.82.